The minimum atomic E-state index is -0.578. The Morgan fingerprint density at radius 3 is 2.19 bits per heavy atom. The minimum Gasteiger partial charge on any atom is -0.392 e. The average Bonchev–Trinajstić information content (AvgIpc) is 3.55. The number of hydrogen-bond acceptors (Lipinski definition) is 7. The molecule has 3 N–H and O–H groups in total. The van der Waals surface area contributed by atoms with Gasteiger partial charge >= 0.3 is 0 Å². The molecule has 5 aromatic carbocycles. The van der Waals surface area contributed by atoms with Crippen molar-refractivity contribution in [2.75, 3.05) is 31.2 Å². The van der Waals surface area contributed by atoms with Gasteiger partial charge < -0.3 is 35.0 Å². The van der Waals surface area contributed by atoms with Crippen molar-refractivity contribution in [2.45, 2.75) is 56.5 Å². The van der Waals surface area contributed by atoms with E-state index in [9.17, 15) is 14.7 Å². The Morgan fingerprint density at radius 1 is 0.796 bits per heavy atom. The van der Waals surface area contributed by atoms with E-state index < -0.39 is 11.8 Å². The van der Waals surface area contributed by atoms with E-state index in [1.165, 1.54) is 0 Å². The highest BCUT2D eigenvalue weighted by atomic mass is 16.7. The zero-order valence-corrected chi connectivity index (χ0v) is 30.3. The topological polar surface area (TPSA) is 103 Å². The highest BCUT2D eigenvalue weighted by Crippen LogP contribution is 2.40. The molecule has 3 heterocycles. The summed E-state index contributed by atoms with van der Waals surface area (Å²) in [5.74, 6) is 0.00693. The highest BCUT2D eigenvalue weighted by Gasteiger charge is 2.50. The third kappa shape index (κ3) is 7.54. The lowest BCUT2D eigenvalue weighted by molar-refractivity contribution is -0.253. The van der Waals surface area contributed by atoms with Crippen molar-refractivity contribution in [1.82, 2.24) is 15.5 Å². The number of likely N-dealkylation sites (tertiary alicyclic amines) is 1. The molecule has 8 rings (SSSR count). The van der Waals surface area contributed by atoms with Crippen LogP contribution in [-0.2, 0) is 27.4 Å². The SMILES string of the molecule is O=C(NCc1ccccc1-c1ccc([C@H]2O[C@@H](CN3CCC4(CC3)C(=O)NCN4c3ccccc3)C[C@@H](c3ccc(CO)cc3)O2)cc1)c1ccccc1. The van der Waals surface area contributed by atoms with Gasteiger partial charge in [0, 0.05) is 49.4 Å². The van der Waals surface area contributed by atoms with Gasteiger partial charge in [-0.2, -0.15) is 0 Å². The number of amides is 2. The van der Waals surface area contributed by atoms with Gasteiger partial charge in [0.1, 0.15) is 5.54 Å². The molecule has 3 aliphatic heterocycles. The first-order valence-corrected chi connectivity index (χ1v) is 18.8. The molecule has 0 radical (unpaired) electrons. The van der Waals surface area contributed by atoms with Crippen molar-refractivity contribution in [3.05, 3.63) is 161 Å². The molecule has 5 aromatic rings. The van der Waals surface area contributed by atoms with E-state index in [1.54, 1.807) is 0 Å². The van der Waals surface area contributed by atoms with Gasteiger partial charge in [-0.15, -0.1) is 0 Å². The molecule has 1 spiro atoms. The zero-order chi connectivity index (χ0) is 36.9. The van der Waals surface area contributed by atoms with Crippen molar-refractivity contribution in [2.24, 2.45) is 0 Å². The lowest BCUT2D eigenvalue weighted by Gasteiger charge is -2.45. The van der Waals surface area contributed by atoms with Crippen molar-refractivity contribution in [3.8, 4) is 11.1 Å². The van der Waals surface area contributed by atoms with Crippen molar-refractivity contribution in [3.63, 3.8) is 0 Å². The molecule has 0 aromatic heterocycles. The number of carbonyl (C=O) groups is 2. The van der Waals surface area contributed by atoms with Crippen LogP contribution in [0.25, 0.3) is 11.1 Å². The molecular formula is C45H46N4O5. The first-order chi connectivity index (χ1) is 26.5. The predicted molar refractivity (Wildman–Crippen MR) is 208 cm³/mol. The largest absolute Gasteiger partial charge is 0.392 e. The highest BCUT2D eigenvalue weighted by molar-refractivity contribution is 5.94. The zero-order valence-electron chi connectivity index (χ0n) is 30.3. The number of piperidine rings is 1. The molecule has 3 fully saturated rings. The summed E-state index contributed by atoms with van der Waals surface area (Å²) in [6.45, 7) is 3.24. The summed E-state index contributed by atoms with van der Waals surface area (Å²) in [5, 5.41) is 15.8. The van der Waals surface area contributed by atoms with Crippen LogP contribution < -0.4 is 15.5 Å². The third-order valence-corrected chi connectivity index (χ3v) is 11.2. The smallest absolute Gasteiger partial charge is 0.251 e. The molecule has 0 bridgehead atoms. The van der Waals surface area contributed by atoms with Crippen molar-refractivity contribution >= 4 is 17.5 Å². The van der Waals surface area contributed by atoms with E-state index in [-0.39, 0.29) is 30.6 Å². The number of nitrogens with one attached hydrogen (secondary N) is 2. The van der Waals surface area contributed by atoms with Gasteiger partial charge in [0.05, 0.1) is 25.5 Å². The summed E-state index contributed by atoms with van der Waals surface area (Å²) in [4.78, 5) is 30.7. The van der Waals surface area contributed by atoms with Crippen molar-refractivity contribution in [1.29, 1.82) is 0 Å². The van der Waals surface area contributed by atoms with Crippen LogP contribution in [0.15, 0.2) is 133 Å². The Kier molecular flexibility index (Phi) is 10.6. The van der Waals surface area contributed by atoms with E-state index in [0.29, 0.717) is 25.2 Å². The van der Waals surface area contributed by atoms with Gasteiger partial charge in [0.25, 0.3) is 5.91 Å². The second-order valence-electron chi connectivity index (χ2n) is 14.4. The lowest BCUT2D eigenvalue weighted by Crippen LogP contribution is -2.57. The van der Waals surface area contributed by atoms with Crippen LogP contribution in [0.5, 0.6) is 0 Å². The fourth-order valence-corrected chi connectivity index (χ4v) is 8.10. The number of benzene rings is 5. The predicted octanol–water partition coefficient (Wildman–Crippen LogP) is 6.75. The second-order valence-corrected chi connectivity index (χ2v) is 14.4. The molecule has 3 aliphatic rings. The fourth-order valence-electron chi connectivity index (χ4n) is 8.10. The number of para-hydroxylation sites is 1. The van der Waals surface area contributed by atoms with Gasteiger partial charge in [-0.05, 0) is 64.9 Å². The third-order valence-electron chi connectivity index (χ3n) is 11.2. The van der Waals surface area contributed by atoms with Crippen molar-refractivity contribution < 1.29 is 24.2 Å². The summed E-state index contributed by atoms with van der Waals surface area (Å²) in [6, 6.07) is 43.8. The molecule has 9 heteroatoms. The Bertz CT molecular complexity index is 2030. The van der Waals surface area contributed by atoms with E-state index in [0.717, 1.165) is 71.5 Å². The van der Waals surface area contributed by atoms with E-state index in [2.05, 4.69) is 62.9 Å². The molecule has 0 unspecified atom stereocenters. The maximum atomic E-state index is 13.3. The first-order valence-electron chi connectivity index (χ1n) is 18.8. The summed E-state index contributed by atoms with van der Waals surface area (Å²) in [6.07, 6.45) is 1.30. The van der Waals surface area contributed by atoms with E-state index in [1.807, 2.05) is 91.0 Å². The van der Waals surface area contributed by atoms with Gasteiger partial charge in [0.2, 0.25) is 5.91 Å². The van der Waals surface area contributed by atoms with Gasteiger partial charge in [0.15, 0.2) is 6.29 Å². The fraction of sp³-hybridized carbons (Fsp3) is 0.289. The molecule has 54 heavy (non-hydrogen) atoms. The number of carbonyl (C=O) groups excluding carboxylic acids is 2. The number of hydrogen-bond donors (Lipinski definition) is 3. The van der Waals surface area contributed by atoms with Crippen LogP contribution in [-0.4, -0.2) is 59.8 Å². The number of nitrogens with zero attached hydrogens (tertiary/aromatic N) is 2. The van der Waals surface area contributed by atoms with E-state index >= 15 is 0 Å². The molecule has 3 atom stereocenters. The Hall–Kier alpha value is -5.32. The van der Waals surface area contributed by atoms with Gasteiger partial charge in [-0.3, -0.25) is 9.59 Å². The first kappa shape index (κ1) is 35.7. The maximum Gasteiger partial charge on any atom is 0.251 e. The minimum absolute atomic E-state index is 0.00872. The average molecular weight is 723 g/mol. The van der Waals surface area contributed by atoms with Crippen LogP contribution in [0.3, 0.4) is 0 Å². The summed E-state index contributed by atoms with van der Waals surface area (Å²) >= 11 is 0. The number of aliphatic hydroxyl groups excluding tert-OH is 1. The molecule has 276 valence electrons. The quantitative estimate of drug-likeness (QED) is 0.147. The van der Waals surface area contributed by atoms with Crippen LogP contribution in [0.4, 0.5) is 5.69 Å². The van der Waals surface area contributed by atoms with Gasteiger partial charge in [-0.1, -0.05) is 109 Å². The molecule has 2 amide bonds. The van der Waals surface area contributed by atoms with Crippen LogP contribution in [0, 0.1) is 0 Å². The standard InChI is InChI=1S/C45H46N4O5/c50-30-32-15-17-34(18-16-32)41-27-39(29-48-25-23-45(24-26-48)44(52)47-31-49(45)38-12-5-2-6-13-38)53-43(54-41)36-21-19-33(20-22-36)40-14-8-7-11-37(40)28-46-42(51)35-9-3-1-4-10-35/h1-22,39,41,43,50H,23-31H2,(H,46,51)(H,47,52)/t39-,41+,43+/m1/s1. The summed E-state index contributed by atoms with van der Waals surface area (Å²) in [7, 11) is 0. The number of rotatable bonds is 10. The number of anilines is 1. The Labute approximate surface area is 316 Å². The Balaban J connectivity index is 0.974. The molecule has 9 nitrogen and oxygen atoms in total. The Morgan fingerprint density at radius 2 is 1.46 bits per heavy atom. The number of aliphatic hydroxyl groups is 1. The van der Waals surface area contributed by atoms with Gasteiger partial charge in [-0.25, -0.2) is 0 Å². The van der Waals surface area contributed by atoms with Crippen LogP contribution >= 0.6 is 0 Å². The summed E-state index contributed by atoms with van der Waals surface area (Å²) in [5.41, 5.74) is 7.10. The molecule has 3 saturated heterocycles. The second kappa shape index (κ2) is 16.0. The van der Waals surface area contributed by atoms with Crippen LogP contribution in [0.2, 0.25) is 0 Å². The lowest BCUT2D eigenvalue weighted by atomic mass is 9.85. The molecular weight excluding hydrogens is 677 g/mol. The summed E-state index contributed by atoms with van der Waals surface area (Å²) < 4.78 is 13.4. The maximum absolute atomic E-state index is 13.3. The normalized spacial score (nSPS) is 21.2. The van der Waals surface area contributed by atoms with E-state index in [4.69, 9.17) is 9.47 Å². The molecule has 0 aliphatic carbocycles. The monoisotopic (exact) mass is 722 g/mol. The number of ether oxygens (including phenoxy) is 2. The van der Waals surface area contributed by atoms with Crippen LogP contribution in [0.1, 0.15) is 64.3 Å². The molecule has 0 saturated carbocycles.